The third kappa shape index (κ3) is 4.45. The number of β-lactam (4-membered cyclic amide) rings is 1. The van der Waals surface area contributed by atoms with Gasteiger partial charge in [0.25, 0.3) is 6.33 Å². The minimum atomic E-state index is -3.52. The number of carbonyl (C=O) groups is 2. The number of aliphatic hydroxyl groups excluding tert-OH is 1. The van der Waals surface area contributed by atoms with Gasteiger partial charge in [0.2, 0.25) is 25.8 Å². The Morgan fingerprint density at radius 3 is 2.64 bits per heavy atom. The Hall–Kier alpha value is -1.20. The van der Waals surface area contributed by atoms with Gasteiger partial charge in [-0.25, -0.2) is 22.9 Å². The number of aromatic nitrogens is 2. The van der Waals surface area contributed by atoms with Gasteiger partial charge in [0, 0.05) is 17.9 Å². The number of nitrogens with zero attached hydrogens (tertiary/aromatic N) is 3. The minimum Gasteiger partial charge on any atom is -1.00 e. The van der Waals surface area contributed by atoms with E-state index in [-0.39, 0.29) is 53.3 Å². The van der Waals surface area contributed by atoms with Gasteiger partial charge >= 0.3 is 5.97 Å². The molecule has 33 heavy (non-hydrogen) atoms. The van der Waals surface area contributed by atoms with E-state index in [2.05, 4.69) is 0 Å². The number of aryl methyl sites for hydroxylation is 1. The summed E-state index contributed by atoms with van der Waals surface area (Å²) in [5.41, 5.74) is 0.584. The van der Waals surface area contributed by atoms with Crippen LogP contribution in [0.25, 0.3) is 10.4 Å². The average molecular weight is 629 g/mol. The van der Waals surface area contributed by atoms with Gasteiger partial charge in [0.15, 0.2) is 0 Å². The summed E-state index contributed by atoms with van der Waals surface area (Å²) in [7, 11) is -3.52. The van der Waals surface area contributed by atoms with Gasteiger partial charge in [-0.15, -0.1) is 0 Å². The summed E-state index contributed by atoms with van der Waals surface area (Å²) in [6.07, 6.45) is 5.15. The molecule has 1 amide bonds. The number of aliphatic hydroxyl groups is 1. The van der Waals surface area contributed by atoms with E-state index in [9.17, 15) is 28.2 Å². The highest BCUT2D eigenvalue weighted by Crippen LogP contribution is 2.51. The number of thioether (sulfide) groups is 1. The summed E-state index contributed by atoms with van der Waals surface area (Å²) in [6.45, 7) is 3.93. The number of halogens is 1. The van der Waals surface area contributed by atoms with E-state index in [1.54, 1.807) is 6.92 Å². The second kappa shape index (κ2) is 9.45. The first-order chi connectivity index (χ1) is 15.0. The molecule has 1 fully saturated rings. The molecular weight excluding hydrogens is 603 g/mol. The molecule has 0 unspecified atom stereocenters. The predicted molar refractivity (Wildman–Crippen MR) is 119 cm³/mol. The van der Waals surface area contributed by atoms with E-state index in [0.29, 0.717) is 18.5 Å². The van der Waals surface area contributed by atoms with E-state index in [0.717, 1.165) is 14.7 Å². The zero-order chi connectivity index (χ0) is 23.5. The number of nitrogens with two attached hydrogens (primary N) is 1. The standard InChI is InChI=1S/C19H24N4O6S3.HI/c1-9-12(15(19(26)27)23-14(9)13(10(2)24)16(23)25)11-7-22-8-21(5-4-6-32(20,28)29)17(30-3)18(22)31-11;/h7-10,13-14,24H,4-6H2,1-3H3,(H2-,20,26,27,28,29);1H/t9-,10+,13+,14+;/m0./s1. The van der Waals surface area contributed by atoms with Crippen molar-refractivity contribution in [2.45, 2.75) is 44.0 Å². The van der Waals surface area contributed by atoms with Gasteiger partial charge < -0.3 is 39.1 Å². The summed E-state index contributed by atoms with van der Waals surface area (Å²) in [5.74, 6) is -2.46. The van der Waals surface area contributed by atoms with E-state index >= 15 is 0 Å². The second-order valence-corrected chi connectivity index (χ2v) is 11.7. The lowest BCUT2D eigenvalue weighted by molar-refractivity contribution is -0.508. The van der Waals surface area contributed by atoms with Gasteiger partial charge in [0.1, 0.15) is 11.9 Å². The topological polar surface area (TPSA) is 147 Å². The molecule has 4 atom stereocenters. The van der Waals surface area contributed by atoms with Crippen molar-refractivity contribution in [3.63, 3.8) is 0 Å². The Kier molecular flexibility index (Phi) is 7.56. The smallest absolute Gasteiger partial charge is 0.352 e. The normalized spacial score (nSPS) is 23.5. The quantitative estimate of drug-likeness (QED) is 0.125. The molecule has 2 aromatic heterocycles. The molecule has 14 heteroatoms. The third-order valence-corrected chi connectivity index (χ3v) is 9.01. The van der Waals surface area contributed by atoms with E-state index in [1.165, 1.54) is 28.0 Å². The predicted octanol–water partition coefficient (Wildman–Crippen LogP) is -2.65. The molecule has 0 saturated carbocycles. The van der Waals surface area contributed by atoms with Crippen molar-refractivity contribution >= 4 is 55.4 Å². The Labute approximate surface area is 216 Å². The zero-order valence-electron chi connectivity index (χ0n) is 18.1. The fourth-order valence-electron chi connectivity index (χ4n) is 4.75. The maximum atomic E-state index is 12.6. The molecule has 0 radical (unpaired) electrons. The van der Waals surface area contributed by atoms with Crippen LogP contribution in [0.3, 0.4) is 0 Å². The van der Waals surface area contributed by atoms with Crippen molar-refractivity contribution in [1.29, 1.82) is 0 Å². The van der Waals surface area contributed by atoms with Crippen molar-refractivity contribution in [3.8, 4) is 0 Å². The first-order valence-electron chi connectivity index (χ1n) is 10.0. The number of carboxylic acid groups (broad SMARTS) is 1. The molecule has 10 nitrogen and oxygen atoms in total. The van der Waals surface area contributed by atoms with Crippen LogP contribution in [0.5, 0.6) is 0 Å². The molecule has 4 rings (SSSR count). The number of aliphatic carboxylic acids is 1. The van der Waals surface area contributed by atoms with Crippen LogP contribution >= 0.6 is 23.1 Å². The fourth-order valence-corrected chi connectivity index (χ4v) is 7.49. The van der Waals surface area contributed by atoms with E-state index in [4.69, 9.17) is 5.14 Å². The van der Waals surface area contributed by atoms with Crippen molar-refractivity contribution in [2.75, 3.05) is 12.0 Å². The summed E-state index contributed by atoms with van der Waals surface area (Å²) in [5, 5.41) is 25.9. The maximum Gasteiger partial charge on any atom is 0.352 e. The van der Waals surface area contributed by atoms with Gasteiger partial charge in [0.05, 0.1) is 35.2 Å². The Bertz CT molecular complexity index is 1250. The summed E-state index contributed by atoms with van der Waals surface area (Å²) in [4.78, 5) is 27.6. The maximum absolute atomic E-state index is 12.6. The second-order valence-electron chi connectivity index (χ2n) is 8.17. The zero-order valence-corrected chi connectivity index (χ0v) is 22.7. The first kappa shape index (κ1) is 26.4. The van der Waals surface area contributed by atoms with Gasteiger partial charge in [-0.05, 0) is 13.2 Å². The first-order valence-corrected chi connectivity index (χ1v) is 13.8. The number of thiazole rings is 1. The number of amides is 1. The number of fused-ring (bicyclic) bond motifs is 2. The largest absolute Gasteiger partial charge is 1.00 e. The monoisotopic (exact) mass is 628 g/mol. The lowest BCUT2D eigenvalue weighted by atomic mass is 9.77. The molecule has 0 aliphatic carbocycles. The molecule has 4 heterocycles. The van der Waals surface area contributed by atoms with Crippen LogP contribution in [-0.4, -0.2) is 64.1 Å². The fraction of sp³-hybridized carbons (Fsp3) is 0.526. The van der Waals surface area contributed by atoms with Crippen LogP contribution in [-0.2, 0) is 26.2 Å². The molecule has 4 N–H and O–H groups in total. The summed E-state index contributed by atoms with van der Waals surface area (Å²) in [6, 6.07) is -0.367. The lowest BCUT2D eigenvalue weighted by Crippen LogP contribution is -3.00. The Morgan fingerprint density at radius 1 is 1.42 bits per heavy atom. The molecule has 0 aromatic carbocycles. The molecule has 0 bridgehead atoms. The molecule has 182 valence electrons. The molecular formula is C19H25IN4O6S3. The van der Waals surface area contributed by atoms with Crippen molar-refractivity contribution in [2.24, 2.45) is 17.0 Å². The lowest BCUT2D eigenvalue weighted by Gasteiger charge is -2.46. The van der Waals surface area contributed by atoms with E-state index < -0.39 is 28.0 Å². The molecule has 0 spiro atoms. The van der Waals surface area contributed by atoms with Gasteiger partial charge in [-0.1, -0.05) is 30.0 Å². The van der Waals surface area contributed by atoms with Crippen molar-refractivity contribution in [1.82, 2.24) is 9.47 Å². The van der Waals surface area contributed by atoms with E-state index in [1.807, 2.05) is 34.7 Å². The number of sulfonamides is 1. The van der Waals surface area contributed by atoms with Gasteiger partial charge in [-0.2, -0.15) is 4.40 Å². The number of carbonyl (C=O) groups excluding carboxylic acids is 1. The number of hydrogen-bond acceptors (Lipinski definition) is 7. The molecule has 1 saturated heterocycles. The highest BCUT2D eigenvalue weighted by Gasteiger charge is 2.60. The highest BCUT2D eigenvalue weighted by molar-refractivity contribution is 7.98. The van der Waals surface area contributed by atoms with Crippen LogP contribution in [0.2, 0.25) is 0 Å². The van der Waals surface area contributed by atoms with Crippen LogP contribution in [0.4, 0.5) is 0 Å². The SMILES string of the molecule is CSc1c2sc(C3=C(C(=O)O)N4C(=O)[C@H]([C@@H](C)O)[C@H]4[C@H]3C)c[n+]2cn1CCCS(N)(=O)=O.[I-]. The van der Waals surface area contributed by atoms with Crippen molar-refractivity contribution in [3.05, 3.63) is 23.1 Å². The number of hydrogen-bond donors (Lipinski definition) is 3. The third-order valence-electron chi connectivity index (χ3n) is 6.07. The number of imidazole rings is 1. The molecule has 2 aliphatic rings. The Morgan fingerprint density at radius 2 is 2.09 bits per heavy atom. The van der Waals surface area contributed by atoms with Crippen LogP contribution in [0.1, 0.15) is 25.1 Å². The average Bonchev–Trinajstić information content (AvgIpc) is 3.27. The van der Waals surface area contributed by atoms with Crippen molar-refractivity contribution < 1.29 is 56.6 Å². The van der Waals surface area contributed by atoms with Crippen LogP contribution < -0.4 is 33.5 Å². The van der Waals surface area contributed by atoms with Crippen LogP contribution in [0, 0.1) is 11.8 Å². The molecule has 2 aliphatic heterocycles. The number of carboxylic acids is 1. The number of rotatable bonds is 8. The summed E-state index contributed by atoms with van der Waals surface area (Å²) < 4.78 is 26.3. The van der Waals surface area contributed by atoms with Gasteiger partial charge in [-0.3, -0.25) is 4.79 Å². The Balaban J connectivity index is 0.00000306. The minimum absolute atomic E-state index is 0. The summed E-state index contributed by atoms with van der Waals surface area (Å²) >= 11 is 2.94. The molecule has 2 aromatic rings. The highest BCUT2D eigenvalue weighted by atomic mass is 127. The number of primary sulfonamides is 1. The van der Waals surface area contributed by atoms with Crippen LogP contribution in [0.15, 0.2) is 23.2 Å².